The summed E-state index contributed by atoms with van der Waals surface area (Å²) in [5.74, 6) is -0.921. The van der Waals surface area contributed by atoms with Gasteiger partial charge in [-0.25, -0.2) is 4.79 Å². The fourth-order valence-electron chi connectivity index (χ4n) is 1.35. The monoisotopic (exact) mass is 231 g/mol. The first kappa shape index (κ1) is 13.0. The van der Waals surface area contributed by atoms with Crippen LogP contribution in [-0.4, -0.2) is 25.2 Å². The van der Waals surface area contributed by atoms with Crippen molar-refractivity contribution in [3.05, 3.63) is 47.6 Å². The number of benzene rings is 1. The molecule has 0 atom stereocenters. The predicted octanol–water partition coefficient (Wildman–Crippen LogP) is 2.80. The van der Waals surface area contributed by atoms with E-state index in [9.17, 15) is 4.79 Å². The highest BCUT2D eigenvalue weighted by atomic mass is 16.4. The van der Waals surface area contributed by atoms with Gasteiger partial charge in [-0.05, 0) is 30.2 Å². The molecule has 0 saturated heterocycles. The zero-order chi connectivity index (χ0) is 12.8. The molecule has 0 saturated carbocycles. The molecule has 3 heteroatoms. The molecule has 0 heterocycles. The smallest absolute Gasteiger partial charge is 0.328 e. The molecule has 0 amide bonds. The maximum atomic E-state index is 10.4. The molecule has 1 aromatic rings. The minimum Gasteiger partial charge on any atom is -0.478 e. The fraction of sp³-hybridized carbons (Fsp3) is 0.214. The standard InChI is InChI=1S/C14H17NO2/c1-11(10-14(16)17)4-5-12-6-8-13(9-7-12)15(2)3/h4-10H,1-3H3,(H,16,17)/b5-4+,11-10+. The van der Waals surface area contributed by atoms with Crippen LogP contribution in [0.4, 0.5) is 5.69 Å². The summed E-state index contributed by atoms with van der Waals surface area (Å²) in [7, 11) is 3.98. The lowest BCUT2D eigenvalue weighted by Crippen LogP contribution is -2.07. The van der Waals surface area contributed by atoms with Crippen LogP contribution >= 0.6 is 0 Å². The minimum atomic E-state index is -0.921. The minimum absolute atomic E-state index is 0.717. The van der Waals surface area contributed by atoms with Gasteiger partial charge in [0.25, 0.3) is 0 Å². The maximum absolute atomic E-state index is 10.4. The highest BCUT2D eigenvalue weighted by molar-refractivity contribution is 5.81. The van der Waals surface area contributed by atoms with Gasteiger partial charge in [0.15, 0.2) is 0 Å². The van der Waals surface area contributed by atoms with E-state index in [-0.39, 0.29) is 0 Å². The van der Waals surface area contributed by atoms with Gasteiger partial charge in [0, 0.05) is 25.9 Å². The third-order valence-electron chi connectivity index (χ3n) is 2.30. The van der Waals surface area contributed by atoms with Gasteiger partial charge in [0.1, 0.15) is 0 Å². The Bertz CT molecular complexity index is 442. The number of carboxylic acids is 1. The molecule has 0 bridgehead atoms. The Balaban J connectivity index is 2.76. The number of carbonyl (C=O) groups is 1. The number of rotatable bonds is 4. The third kappa shape index (κ3) is 4.55. The van der Waals surface area contributed by atoms with E-state index in [1.54, 1.807) is 13.0 Å². The molecule has 90 valence electrons. The van der Waals surface area contributed by atoms with Crippen LogP contribution in [0.15, 0.2) is 42.0 Å². The number of aliphatic carboxylic acids is 1. The quantitative estimate of drug-likeness (QED) is 0.640. The first-order chi connectivity index (χ1) is 7.99. The first-order valence-corrected chi connectivity index (χ1v) is 5.36. The highest BCUT2D eigenvalue weighted by Gasteiger charge is 1.94. The molecule has 0 aliphatic carbocycles. The van der Waals surface area contributed by atoms with E-state index in [2.05, 4.69) is 0 Å². The van der Waals surface area contributed by atoms with Crippen LogP contribution in [0.5, 0.6) is 0 Å². The van der Waals surface area contributed by atoms with E-state index in [1.807, 2.05) is 49.3 Å². The molecule has 17 heavy (non-hydrogen) atoms. The summed E-state index contributed by atoms with van der Waals surface area (Å²) in [6.07, 6.45) is 4.87. The summed E-state index contributed by atoms with van der Waals surface area (Å²) in [6.45, 7) is 1.76. The molecule has 1 N–H and O–H groups in total. The van der Waals surface area contributed by atoms with Crippen molar-refractivity contribution in [2.45, 2.75) is 6.92 Å². The largest absolute Gasteiger partial charge is 0.478 e. The molecule has 0 unspecified atom stereocenters. The Morgan fingerprint density at radius 1 is 1.24 bits per heavy atom. The molecule has 0 aliphatic heterocycles. The van der Waals surface area contributed by atoms with Crippen LogP contribution in [0.25, 0.3) is 6.08 Å². The van der Waals surface area contributed by atoms with E-state index in [4.69, 9.17) is 5.11 Å². The number of anilines is 1. The molecule has 0 fully saturated rings. The topological polar surface area (TPSA) is 40.5 Å². The SMILES string of the molecule is CC(/C=C/c1ccc(N(C)C)cc1)=C\C(=O)O. The Morgan fingerprint density at radius 3 is 2.29 bits per heavy atom. The lowest BCUT2D eigenvalue weighted by molar-refractivity contribution is -0.131. The summed E-state index contributed by atoms with van der Waals surface area (Å²) in [5.41, 5.74) is 2.91. The zero-order valence-corrected chi connectivity index (χ0v) is 10.3. The van der Waals surface area contributed by atoms with Crippen molar-refractivity contribution in [2.75, 3.05) is 19.0 Å². The van der Waals surface area contributed by atoms with Crippen LogP contribution in [0.2, 0.25) is 0 Å². The average Bonchev–Trinajstić information content (AvgIpc) is 2.26. The number of nitrogens with zero attached hydrogens (tertiary/aromatic N) is 1. The van der Waals surface area contributed by atoms with Crippen LogP contribution < -0.4 is 4.90 Å². The number of hydrogen-bond donors (Lipinski definition) is 1. The van der Waals surface area contributed by atoms with E-state index in [1.165, 1.54) is 6.08 Å². The van der Waals surface area contributed by atoms with Gasteiger partial charge in [0.05, 0.1) is 0 Å². The predicted molar refractivity (Wildman–Crippen MR) is 71.2 cm³/mol. The summed E-state index contributed by atoms with van der Waals surface area (Å²) < 4.78 is 0. The second-order valence-corrected chi connectivity index (χ2v) is 4.05. The summed E-state index contributed by atoms with van der Waals surface area (Å²) in [4.78, 5) is 12.5. The van der Waals surface area contributed by atoms with Crippen molar-refractivity contribution in [1.82, 2.24) is 0 Å². The Morgan fingerprint density at radius 2 is 1.82 bits per heavy atom. The Hall–Kier alpha value is -2.03. The Labute approximate surface area is 102 Å². The molecule has 0 aliphatic rings. The van der Waals surface area contributed by atoms with Gasteiger partial charge < -0.3 is 10.0 Å². The molecule has 1 rings (SSSR count). The number of allylic oxidation sites excluding steroid dienone is 2. The lowest BCUT2D eigenvalue weighted by atomic mass is 10.1. The van der Waals surface area contributed by atoms with Crippen molar-refractivity contribution in [3.63, 3.8) is 0 Å². The lowest BCUT2D eigenvalue weighted by Gasteiger charge is -2.11. The molecule has 3 nitrogen and oxygen atoms in total. The van der Waals surface area contributed by atoms with Crippen molar-refractivity contribution in [2.24, 2.45) is 0 Å². The highest BCUT2D eigenvalue weighted by Crippen LogP contribution is 2.13. The second kappa shape index (κ2) is 5.89. The maximum Gasteiger partial charge on any atom is 0.328 e. The number of carboxylic acid groups (broad SMARTS) is 1. The summed E-state index contributed by atoms with van der Waals surface area (Å²) in [5, 5.41) is 8.56. The fourth-order valence-corrected chi connectivity index (χ4v) is 1.35. The van der Waals surface area contributed by atoms with Crippen molar-refractivity contribution < 1.29 is 9.90 Å². The van der Waals surface area contributed by atoms with E-state index >= 15 is 0 Å². The van der Waals surface area contributed by atoms with Gasteiger partial charge in [0.2, 0.25) is 0 Å². The van der Waals surface area contributed by atoms with Crippen LogP contribution in [0.1, 0.15) is 12.5 Å². The number of hydrogen-bond acceptors (Lipinski definition) is 2. The van der Waals surface area contributed by atoms with Gasteiger partial charge in [-0.3, -0.25) is 0 Å². The molecule has 0 radical (unpaired) electrons. The van der Waals surface area contributed by atoms with E-state index in [0.29, 0.717) is 5.57 Å². The average molecular weight is 231 g/mol. The molecular weight excluding hydrogens is 214 g/mol. The van der Waals surface area contributed by atoms with Gasteiger partial charge in [-0.15, -0.1) is 0 Å². The molecule has 0 aromatic heterocycles. The normalized spacial score (nSPS) is 11.8. The molecule has 0 spiro atoms. The Kier molecular flexibility index (Phi) is 4.52. The van der Waals surface area contributed by atoms with Crippen LogP contribution in [0.3, 0.4) is 0 Å². The van der Waals surface area contributed by atoms with Crippen LogP contribution in [0, 0.1) is 0 Å². The van der Waals surface area contributed by atoms with E-state index in [0.717, 1.165) is 11.3 Å². The first-order valence-electron chi connectivity index (χ1n) is 5.36. The molecule has 1 aromatic carbocycles. The summed E-state index contributed by atoms with van der Waals surface area (Å²) >= 11 is 0. The summed E-state index contributed by atoms with van der Waals surface area (Å²) in [6, 6.07) is 8.05. The van der Waals surface area contributed by atoms with E-state index < -0.39 is 5.97 Å². The van der Waals surface area contributed by atoms with Gasteiger partial charge in [-0.1, -0.05) is 24.3 Å². The van der Waals surface area contributed by atoms with Crippen LogP contribution in [-0.2, 0) is 4.79 Å². The second-order valence-electron chi connectivity index (χ2n) is 4.05. The zero-order valence-electron chi connectivity index (χ0n) is 10.3. The van der Waals surface area contributed by atoms with Gasteiger partial charge >= 0.3 is 5.97 Å². The van der Waals surface area contributed by atoms with Crippen molar-refractivity contribution >= 4 is 17.7 Å². The molecular formula is C14H17NO2. The third-order valence-corrected chi connectivity index (χ3v) is 2.30. The van der Waals surface area contributed by atoms with Crippen molar-refractivity contribution in [1.29, 1.82) is 0 Å². The van der Waals surface area contributed by atoms with Gasteiger partial charge in [-0.2, -0.15) is 0 Å². The van der Waals surface area contributed by atoms with Crippen molar-refractivity contribution in [3.8, 4) is 0 Å².